The number of aromatic nitrogens is 2. The number of carboxylic acid groups (broad SMARTS) is 1. The number of H-pyrrole nitrogens is 1. The molecule has 0 bridgehead atoms. The minimum Gasteiger partial charge on any atom is -0.478 e. The van der Waals surface area contributed by atoms with Gasteiger partial charge in [0.15, 0.2) is 0 Å². The minimum atomic E-state index is -0.966. The van der Waals surface area contributed by atoms with Gasteiger partial charge in [0.2, 0.25) is 0 Å². The fraction of sp³-hybridized carbons (Fsp3) is 0. The monoisotopic (exact) mass is 350 g/mol. The maximum atomic E-state index is 11.0. The quantitative estimate of drug-likeness (QED) is 0.721. The number of imidazole rings is 1. The van der Waals surface area contributed by atoms with Crippen molar-refractivity contribution in [3.63, 3.8) is 0 Å². The summed E-state index contributed by atoms with van der Waals surface area (Å²) in [5, 5.41) is 9.60. The van der Waals surface area contributed by atoms with Gasteiger partial charge in [-0.25, -0.2) is 9.78 Å². The summed E-state index contributed by atoms with van der Waals surface area (Å²) in [4.78, 5) is 18.5. The summed E-state index contributed by atoms with van der Waals surface area (Å²) in [5.41, 5.74) is 2.42. The van der Waals surface area contributed by atoms with Crippen LogP contribution in [0.4, 0.5) is 0 Å². The molecule has 2 aromatic carbocycles. The summed E-state index contributed by atoms with van der Waals surface area (Å²) in [6.07, 6.45) is 0. The molecule has 3 aromatic rings. The van der Waals surface area contributed by atoms with Gasteiger partial charge in [-0.2, -0.15) is 0 Å². The van der Waals surface area contributed by atoms with Crippen molar-refractivity contribution in [1.29, 1.82) is 0 Å². The molecule has 0 aliphatic rings. The average molecular weight is 352 g/mol. The molecule has 0 atom stereocenters. The number of benzene rings is 2. The zero-order valence-electron chi connectivity index (χ0n) is 10.0. The number of fused-ring (bicyclic) bond motifs is 1. The number of halogens is 2. The van der Waals surface area contributed by atoms with E-state index < -0.39 is 5.97 Å². The van der Waals surface area contributed by atoms with Crippen molar-refractivity contribution in [3.8, 4) is 11.4 Å². The molecule has 1 aromatic heterocycles. The molecule has 0 unspecified atom stereocenters. The second-order valence-electron chi connectivity index (χ2n) is 4.25. The molecule has 0 saturated heterocycles. The lowest BCUT2D eigenvalue weighted by Crippen LogP contribution is -1.94. The zero-order valence-corrected chi connectivity index (χ0v) is 12.4. The predicted molar refractivity (Wildman–Crippen MR) is 81.2 cm³/mol. The lowest BCUT2D eigenvalue weighted by molar-refractivity contribution is 0.0697. The highest BCUT2D eigenvalue weighted by Crippen LogP contribution is 2.30. The molecule has 0 saturated carbocycles. The van der Waals surface area contributed by atoms with Gasteiger partial charge in [-0.1, -0.05) is 27.5 Å². The number of nitrogens with one attached hydrogen (secondary N) is 1. The average Bonchev–Trinajstić information content (AvgIpc) is 2.83. The van der Waals surface area contributed by atoms with Crippen molar-refractivity contribution in [2.75, 3.05) is 0 Å². The largest absolute Gasteiger partial charge is 0.478 e. The third kappa shape index (κ3) is 2.30. The van der Waals surface area contributed by atoms with Crippen LogP contribution in [0.5, 0.6) is 0 Å². The molecular formula is C14H8BrClN2O2. The van der Waals surface area contributed by atoms with Crippen molar-refractivity contribution in [1.82, 2.24) is 9.97 Å². The van der Waals surface area contributed by atoms with Gasteiger partial charge in [-0.15, -0.1) is 0 Å². The molecule has 0 aliphatic heterocycles. The summed E-state index contributed by atoms with van der Waals surface area (Å²) in [5.74, 6) is -0.330. The van der Waals surface area contributed by atoms with Gasteiger partial charge in [0, 0.05) is 15.1 Å². The van der Waals surface area contributed by atoms with E-state index in [1.165, 1.54) is 6.07 Å². The van der Waals surface area contributed by atoms with Crippen LogP contribution in [-0.2, 0) is 0 Å². The van der Waals surface area contributed by atoms with E-state index in [0.717, 1.165) is 10.0 Å². The smallest absolute Gasteiger partial charge is 0.335 e. The topological polar surface area (TPSA) is 66.0 Å². The summed E-state index contributed by atoms with van der Waals surface area (Å²) in [6, 6.07) is 10.2. The first-order valence-electron chi connectivity index (χ1n) is 5.73. The Morgan fingerprint density at radius 2 is 2.05 bits per heavy atom. The van der Waals surface area contributed by atoms with Gasteiger partial charge < -0.3 is 10.1 Å². The first-order valence-corrected chi connectivity index (χ1v) is 6.90. The van der Waals surface area contributed by atoms with Crippen LogP contribution in [0.25, 0.3) is 22.4 Å². The van der Waals surface area contributed by atoms with E-state index in [9.17, 15) is 4.79 Å². The summed E-state index contributed by atoms with van der Waals surface area (Å²) < 4.78 is 0.861. The van der Waals surface area contributed by atoms with E-state index in [1.807, 2.05) is 6.07 Å². The molecule has 20 heavy (non-hydrogen) atoms. The molecule has 1 heterocycles. The van der Waals surface area contributed by atoms with Gasteiger partial charge in [-0.05, 0) is 36.4 Å². The second-order valence-corrected chi connectivity index (χ2v) is 5.54. The molecule has 6 heteroatoms. The summed E-state index contributed by atoms with van der Waals surface area (Å²) >= 11 is 9.44. The van der Waals surface area contributed by atoms with E-state index in [0.29, 0.717) is 21.9 Å². The minimum absolute atomic E-state index is 0.220. The number of hydrogen-bond donors (Lipinski definition) is 2. The number of carbonyl (C=O) groups is 1. The van der Waals surface area contributed by atoms with Crippen molar-refractivity contribution >= 4 is 44.5 Å². The maximum Gasteiger partial charge on any atom is 0.335 e. The van der Waals surface area contributed by atoms with Gasteiger partial charge >= 0.3 is 5.97 Å². The third-order valence-corrected chi connectivity index (χ3v) is 3.84. The first kappa shape index (κ1) is 13.1. The molecule has 0 spiro atoms. The van der Waals surface area contributed by atoms with Crippen LogP contribution < -0.4 is 0 Å². The van der Waals surface area contributed by atoms with Crippen molar-refractivity contribution in [2.45, 2.75) is 0 Å². The van der Waals surface area contributed by atoms with Gasteiger partial charge in [0.1, 0.15) is 5.82 Å². The normalized spacial score (nSPS) is 10.9. The van der Waals surface area contributed by atoms with Gasteiger partial charge in [0.05, 0.1) is 16.6 Å². The number of rotatable bonds is 2. The molecule has 0 aliphatic carbocycles. The Hall–Kier alpha value is -1.85. The number of aromatic carboxylic acids is 1. The molecule has 4 nitrogen and oxygen atoms in total. The summed E-state index contributed by atoms with van der Waals surface area (Å²) in [7, 11) is 0. The van der Waals surface area contributed by atoms with Crippen LogP contribution in [0.2, 0.25) is 5.02 Å². The molecule has 2 N–H and O–H groups in total. The number of nitrogens with zero attached hydrogens (tertiary/aromatic N) is 1. The second kappa shape index (κ2) is 4.92. The van der Waals surface area contributed by atoms with Crippen LogP contribution >= 0.6 is 27.5 Å². The van der Waals surface area contributed by atoms with Crippen LogP contribution in [0.1, 0.15) is 10.4 Å². The standard InChI is InChI=1S/C14H8BrClN2O2/c15-10-3-2-8(16)6-9(10)13-17-11-4-1-7(14(19)20)5-12(11)18-13/h1-6H,(H,17,18)(H,19,20). The van der Waals surface area contributed by atoms with Gasteiger partial charge in [0.25, 0.3) is 0 Å². The Morgan fingerprint density at radius 3 is 2.80 bits per heavy atom. The lowest BCUT2D eigenvalue weighted by Gasteiger charge is -2.00. The van der Waals surface area contributed by atoms with E-state index in [-0.39, 0.29) is 5.56 Å². The Morgan fingerprint density at radius 1 is 1.25 bits per heavy atom. The third-order valence-electron chi connectivity index (χ3n) is 2.91. The fourth-order valence-electron chi connectivity index (χ4n) is 1.95. The maximum absolute atomic E-state index is 11.0. The highest BCUT2D eigenvalue weighted by molar-refractivity contribution is 9.10. The summed E-state index contributed by atoms with van der Waals surface area (Å²) in [6.45, 7) is 0. The SMILES string of the molecule is O=C(O)c1ccc2nc(-c3cc(Cl)ccc3Br)[nH]c2c1. The number of carboxylic acids is 1. The predicted octanol–water partition coefficient (Wildman–Crippen LogP) is 4.34. The Kier molecular flexibility index (Phi) is 3.23. The van der Waals surface area contributed by atoms with Crippen molar-refractivity contribution in [3.05, 3.63) is 51.5 Å². The Balaban J connectivity index is 2.17. The van der Waals surface area contributed by atoms with Crippen LogP contribution in [-0.4, -0.2) is 21.0 Å². The highest BCUT2D eigenvalue weighted by atomic mass is 79.9. The molecule has 0 fully saturated rings. The molecule has 0 amide bonds. The lowest BCUT2D eigenvalue weighted by atomic mass is 10.2. The van der Waals surface area contributed by atoms with E-state index in [2.05, 4.69) is 25.9 Å². The number of aromatic amines is 1. The zero-order chi connectivity index (χ0) is 14.3. The van der Waals surface area contributed by atoms with Crippen LogP contribution in [0.15, 0.2) is 40.9 Å². The van der Waals surface area contributed by atoms with Crippen LogP contribution in [0, 0.1) is 0 Å². The highest BCUT2D eigenvalue weighted by Gasteiger charge is 2.11. The van der Waals surface area contributed by atoms with Crippen LogP contribution in [0.3, 0.4) is 0 Å². The molecular weight excluding hydrogens is 344 g/mol. The molecule has 0 radical (unpaired) electrons. The Bertz CT molecular complexity index is 829. The number of hydrogen-bond acceptors (Lipinski definition) is 2. The van der Waals surface area contributed by atoms with Gasteiger partial charge in [-0.3, -0.25) is 0 Å². The molecule has 3 rings (SSSR count). The van der Waals surface area contributed by atoms with E-state index in [1.54, 1.807) is 24.3 Å². The van der Waals surface area contributed by atoms with Crippen molar-refractivity contribution < 1.29 is 9.90 Å². The van der Waals surface area contributed by atoms with E-state index >= 15 is 0 Å². The first-order chi connectivity index (χ1) is 9.54. The fourth-order valence-corrected chi connectivity index (χ4v) is 2.56. The van der Waals surface area contributed by atoms with E-state index in [4.69, 9.17) is 16.7 Å². The Labute approximate surface area is 127 Å². The van der Waals surface area contributed by atoms with Crippen molar-refractivity contribution in [2.24, 2.45) is 0 Å². The molecule has 100 valence electrons.